The molecule has 8 heteroatoms. The molecule has 0 aliphatic carbocycles. The maximum Gasteiger partial charge on any atom is 0.260 e. The third kappa shape index (κ3) is 4.15. The molecular formula is C18H20N6O2. The summed E-state index contributed by atoms with van der Waals surface area (Å²) in [7, 11) is 0. The predicted molar refractivity (Wildman–Crippen MR) is 99.9 cm³/mol. The fraction of sp³-hybridized carbons (Fsp3) is 0.222. The smallest absolute Gasteiger partial charge is 0.260 e. The van der Waals surface area contributed by atoms with Crippen molar-refractivity contribution in [1.29, 1.82) is 0 Å². The van der Waals surface area contributed by atoms with E-state index >= 15 is 0 Å². The molecule has 26 heavy (non-hydrogen) atoms. The van der Waals surface area contributed by atoms with E-state index in [9.17, 15) is 4.79 Å². The van der Waals surface area contributed by atoms with Crippen LogP contribution >= 0.6 is 0 Å². The van der Waals surface area contributed by atoms with Gasteiger partial charge >= 0.3 is 0 Å². The van der Waals surface area contributed by atoms with Crippen molar-refractivity contribution in [3.05, 3.63) is 53.7 Å². The fourth-order valence-electron chi connectivity index (χ4n) is 2.40. The zero-order valence-corrected chi connectivity index (χ0v) is 14.8. The van der Waals surface area contributed by atoms with Gasteiger partial charge in [0.1, 0.15) is 28.8 Å². The lowest BCUT2D eigenvalue weighted by molar-refractivity contribution is 0.102. The Morgan fingerprint density at radius 2 is 1.77 bits per heavy atom. The number of hydrogen-bond acceptors (Lipinski definition) is 7. The van der Waals surface area contributed by atoms with Crippen LogP contribution in [-0.4, -0.2) is 27.6 Å². The lowest BCUT2D eigenvalue weighted by Gasteiger charge is -2.10. The quantitative estimate of drug-likeness (QED) is 0.623. The zero-order valence-electron chi connectivity index (χ0n) is 14.8. The van der Waals surface area contributed by atoms with E-state index < -0.39 is 0 Å². The maximum atomic E-state index is 12.2. The zero-order chi connectivity index (χ0) is 18.5. The van der Waals surface area contributed by atoms with Crippen molar-refractivity contribution in [2.24, 2.45) is 0 Å². The molecule has 0 radical (unpaired) electrons. The van der Waals surface area contributed by atoms with Gasteiger partial charge in [-0.2, -0.15) is 0 Å². The number of carbonyl (C=O) groups excluding carboxylic acids is 1. The third-order valence-electron chi connectivity index (χ3n) is 3.61. The molecule has 0 bridgehead atoms. The van der Waals surface area contributed by atoms with Gasteiger partial charge in [0.2, 0.25) is 0 Å². The first-order valence-electron chi connectivity index (χ1n) is 8.24. The molecule has 2 heterocycles. The van der Waals surface area contributed by atoms with Crippen LogP contribution in [0.5, 0.6) is 0 Å². The van der Waals surface area contributed by atoms with Crippen LogP contribution in [0.25, 0.3) is 0 Å². The van der Waals surface area contributed by atoms with Crippen LogP contribution in [-0.2, 0) is 0 Å². The summed E-state index contributed by atoms with van der Waals surface area (Å²) in [6, 6.07) is 9.19. The number of amides is 1. The Morgan fingerprint density at radius 1 is 1.08 bits per heavy atom. The van der Waals surface area contributed by atoms with E-state index in [4.69, 9.17) is 4.52 Å². The Bertz CT molecular complexity index is 904. The molecule has 8 nitrogen and oxygen atoms in total. The first-order chi connectivity index (χ1) is 12.5. The average Bonchev–Trinajstić information content (AvgIpc) is 3.02. The largest absolute Gasteiger partial charge is 0.370 e. The number of nitrogens with zero attached hydrogens (tertiary/aromatic N) is 3. The Hall–Kier alpha value is -3.42. The van der Waals surface area contributed by atoms with Crippen LogP contribution < -0.4 is 16.0 Å². The van der Waals surface area contributed by atoms with Crippen LogP contribution in [0, 0.1) is 13.8 Å². The van der Waals surface area contributed by atoms with Crippen LogP contribution in [0.4, 0.5) is 23.0 Å². The van der Waals surface area contributed by atoms with E-state index in [0.29, 0.717) is 28.7 Å². The topological polar surface area (TPSA) is 105 Å². The molecule has 1 amide bonds. The van der Waals surface area contributed by atoms with E-state index in [1.54, 1.807) is 6.92 Å². The molecular weight excluding hydrogens is 332 g/mol. The van der Waals surface area contributed by atoms with Gasteiger partial charge in [-0.05, 0) is 45.0 Å². The molecule has 0 unspecified atom stereocenters. The molecule has 3 N–H and O–H groups in total. The highest BCUT2D eigenvalue weighted by molar-refractivity contribution is 6.04. The Morgan fingerprint density at radius 3 is 2.42 bits per heavy atom. The number of hydrogen-bond donors (Lipinski definition) is 3. The fourth-order valence-corrected chi connectivity index (χ4v) is 2.40. The van der Waals surface area contributed by atoms with Crippen molar-refractivity contribution < 1.29 is 9.32 Å². The second-order valence-electron chi connectivity index (χ2n) is 5.67. The van der Waals surface area contributed by atoms with Crippen molar-refractivity contribution in [2.75, 3.05) is 22.5 Å². The van der Waals surface area contributed by atoms with E-state index in [-0.39, 0.29) is 5.91 Å². The first-order valence-corrected chi connectivity index (χ1v) is 8.24. The van der Waals surface area contributed by atoms with Crippen molar-refractivity contribution in [3.8, 4) is 0 Å². The third-order valence-corrected chi connectivity index (χ3v) is 3.61. The van der Waals surface area contributed by atoms with Crippen LogP contribution in [0.1, 0.15) is 28.9 Å². The summed E-state index contributed by atoms with van der Waals surface area (Å²) in [6.07, 6.45) is 1.40. The number of aromatic nitrogens is 3. The van der Waals surface area contributed by atoms with Crippen LogP contribution in [0.15, 0.2) is 41.1 Å². The summed E-state index contributed by atoms with van der Waals surface area (Å²) in [5.74, 6) is 2.38. The summed E-state index contributed by atoms with van der Waals surface area (Å²) in [4.78, 5) is 20.9. The molecule has 0 spiro atoms. The Labute approximate surface area is 151 Å². The summed E-state index contributed by atoms with van der Waals surface area (Å²) in [5.41, 5.74) is 1.94. The molecule has 1 aromatic carbocycles. The number of rotatable bonds is 6. The van der Waals surface area contributed by atoms with Crippen LogP contribution in [0.3, 0.4) is 0 Å². The number of carbonyl (C=O) groups is 1. The molecule has 0 aliphatic rings. The van der Waals surface area contributed by atoms with Crippen molar-refractivity contribution >= 4 is 28.9 Å². The summed E-state index contributed by atoms with van der Waals surface area (Å²) >= 11 is 0. The molecule has 134 valence electrons. The lowest BCUT2D eigenvalue weighted by atomic mass is 10.2. The summed E-state index contributed by atoms with van der Waals surface area (Å²) in [6.45, 7) is 6.34. The number of anilines is 4. The molecule has 3 rings (SSSR count). The monoisotopic (exact) mass is 352 g/mol. The normalized spacial score (nSPS) is 10.4. The van der Waals surface area contributed by atoms with Crippen molar-refractivity contribution in [1.82, 2.24) is 15.1 Å². The minimum absolute atomic E-state index is 0.258. The summed E-state index contributed by atoms with van der Waals surface area (Å²) in [5, 5.41) is 12.8. The van der Waals surface area contributed by atoms with Gasteiger partial charge in [0, 0.05) is 24.0 Å². The average molecular weight is 352 g/mol. The van der Waals surface area contributed by atoms with E-state index in [1.165, 1.54) is 6.20 Å². The highest BCUT2D eigenvalue weighted by Gasteiger charge is 2.12. The van der Waals surface area contributed by atoms with Gasteiger partial charge in [-0.1, -0.05) is 5.16 Å². The van der Waals surface area contributed by atoms with E-state index in [2.05, 4.69) is 31.1 Å². The van der Waals surface area contributed by atoms with Gasteiger partial charge in [0.15, 0.2) is 0 Å². The van der Waals surface area contributed by atoms with Gasteiger partial charge < -0.3 is 20.5 Å². The van der Waals surface area contributed by atoms with E-state index in [1.807, 2.05) is 44.2 Å². The molecule has 3 aromatic rings. The molecule has 2 aromatic heterocycles. The second-order valence-corrected chi connectivity index (χ2v) is 5.67. The molecule has 0 atom stereocenters. The van der Waals surface area contributed by atoms with E-state index in [0.717, 1.165) is 18.1 Å². The number of benzene rings is 1. The minimum Gasteiger partial charge on any atom is -0.370 e. The minimum atomic E-state index is -0.258. The van der Waals surface area contributed by atoms with Gasteiger partial charge in [0.05, 0.1) is 6.20 Å². The van der Waals surface area contributed by atoms with Crippen molar-refractivity contribution in [2.45, 2.75) is 20.8 Å². The van der Waals surface area contributed by atoms with Crippen molar-refractivity contribution in [3.63, 3.8) is 0 Å². The van der Waals surface area contributed by atoms with Gasteiger partial charge in [-0.15, -0.1) is 0 Å². The lowest BCUT2D eigenvalue weighted by Crippen LogP contribution is -2.12. The predicted octanol–water partition coefficient (Wildman–Crippen LogP) is 3.51. The Kier molecular flexibility index (Phi) is 5.12. The number of nitrogens with one attached hydrogen (secondary N) is 3. The van der Waals surface area contributed by atoms with Crippen LogP contribution in [0.2, 0.25) is 0 Å². The second kappa shape index (κ2) is 7.64. The van der Waals surface area contributed by atoms with Gasteiger partial charge in [-0.25, -0.2) is 9.97 Å². The molecule has 0 aliphatic heterocycles. The number of aryl methyl sites for hydroxylation is 2. The highest BCUT2D eigenvalue weighted by Crippen LogP contribution is 2.20. The Balaban J connectivity index is 1.68. The molecule has 0 fully saturated rings. The summed E-state index contributed by atoms with van der Waals surface area (Å²) < 4.78 is 4.91. The SMILES string of the molecule is CCNc1cc(Nc2ccc(NC(=O)c3cnoc3C)cc2)nc(C)n1. The van der Waals surface area contributed by atoms with Gasteiger partial charge in [-0.3, -0.25) is 4.79 Å². The standard InChI is InChI=1S/C18H20N6O2/c1-4-19-16-9-17(22-12(3)21-16)23-13-5-7-14(8-6-13)24-18(25)15-10-20-26-11(15)2/h5-10H,4H2,1-3H3,(H,24,25)(H2,19,21,22,23). The highest BCUT2D eigenvalue weighted by atomic mass is 16.5. The maximum absolute atomic E-state index is 12.2. The first kappa shape index (κ1) is 17.4. The van der Waals surface area contributed by atoms with Gasteiger partial charge in [0.25, 0.3) is 5.91 Å². The molecule has 0 saturated heterocycles. The molecule has 0 saturated carbocycles.